The Labute approximate surface area is 126 Å². The lowest BCUT2D eigenvalue weighted by atomic mass is 9.86. The summed E-state index contributed by atoms with van der Waals surface area (Å²) in [6.07, 6.45) is 2.37. The first kappa shape index (κ1) is 15.5. The quantitative estimate of drug-likeness (QED) is 0.843. The highest BCUT2D eigenvalue weighted by molar-refractivity contribution is 5.84. The van der Waals surface area contributed by atoms with Crippen LogP contribution in [0.1, 0.15) is 30.9 Å². The maximum atomic E-state index is 11.9. The standard InChI is InChI=1S/C19H22O2/c1-16(20)19(21,14-12-17-8-4-2-5-9-17)15-13-18-10-6-3-7-11-18/h2-11,21H,12-15H2,1H3. The third-order valence-corrected chi connectivity index (χ3v) is 4.00. The lowest BCUT2D eigenvalue weighted by molar-refractivity contribution is -0.136. The summed E-state index contributed by atoms with van der Waals surface area (Å²) in [5.74, 6) is -0.144. The van der Waals surface area contributed by atoms with Gasteiger partial charge in [-0.05, 0) is 43.7 Å². The Bertz CT molecular complexity index is 517. The van der Waals surface area contributed by atoms with Gasteiger partial charge in [-0.3, -0.25) is 4.79 Å². The largest absolute Gasteiger partial charge is 0.382 e. The van der Waals surface area contributed by atoms with Crippen LogP contribution in [0.15, 0.2) is 60.7 Å². The topological polar surface area (TPSA) is 37.3 Å². The van der Waals surface area contributed by atoms with Crippen molar-refractivity contribution in [3.63, 3.8) is 0 Å². The highest BCUT2D eigenvalue weighted by atomic mass is 16.3. The second-order valence-corrected chi connectivity index (χ2v) is 5.56. The van der Waals surface area contributed by atoms with E-state index in [0.29, 0.717) is 25.7 Å². The van der Waals surface area contributed by atoms with Crippen molar-refractivity contribution in [2.75, 3.05) is 0 Å². The number of aryl methyl sites for hydroxylation is 2. The Hall–Kier alpha value is -1.93. The van der Waals surface area contributed by atoms with Gasteiger partial charge in [-0.25, -0.2) is 0 Å². The molecule has 21 heavy (non-hydrogen) atoms. The van der Waals surface area contributed by atoms with Crippen molar-refractivity contribution in [3.05, 3.63) is 71.8 Å². The van der Waals surface area contributed by atoms with Crippen molar-refractivity contribution in [3.8, 4) is 0 Å². The molecule has 0 amide bonds. The average molecular weight is 282 g/mol. The number of benzene rings is 2. The predicted molar refractivity (Wildman–Crippen MR) is 85.2 cm³/mol. The minimum absolute atomic E-state index is 0.144. The Morgan fingerprint density at radius 2 is 1.24 bits per heavy atom. The molecule has 1 N–H and O–H groups in total. The Kier molecular flexibility index (Phi) is 5.29. The van der Waals surface area contributed by atoms with Gasteiger partial charge in [0, 0.05) is 0 Å². The molecule has 110 valence electrons. The molecule has 0 aliphatic heterocycles. The Morgan fingerprint density at radius 1 is 0.857 bits per heavy atom. The van der Waals surface area contributed by atoms with E-state index in [1.54, 1.807) is 0 Å². The molecule has 2 aromatic rings. The van der Waals surface area contributed by atoms with E-state index in [1.807, 2.05) is 60.7 Å². The summed E-state index contributed by atoms with van der Waals surface area (Å²) < 4.78 is 0. The van der Waals surface area contributed by atoms with E-state index in [2.05, 4.69) is 0 Å². The first-order chi connectivity index (χ1) is 10.1. The van der Waals surface area contributed by atoms with Gasteiger partial charge in [-0.2, -0.15) is 0 Å². The van der Waals surface area contributed by atoms with Gasteiger partial charge in [0.15, 0.2) is 5.78 Å². The van der Waals surface area contributed by atoms with E-state index in [9.17, 15) is 9.90 Å². The highest BCUT2D eigenvalue weighted by Gasteiger charge is 2.31. The summed E-state index contributed by atoms with van der Waals surface area (Å²) in [5.41, 5.74) is 1.07. The van der Waals surface area contributed by atoms with Crippen LogP contribution in [0.2, 0.25) is 0 Å². The lowest BCUT2D eigenvalue weighted by Gasteiger charge is -2.25. The molecule has 0 bridgehead atoms. The SMILES string of the molecule is CC(=O)C(O)(CCc1ccccc1)CCc1ccccc1. The van der Waals surface area contributed by atoms with Crippen molar-refractivity contribution in [1.82, 2.24) is 0 Å². The fourth-order valence-corrected chi connectivity index (χ4v) is 2.47. The van der Waals surface area contributed by atoms with E-state index < -0.39 is 5.60 Å². The molecule has 0 radical (unpaired) electrons. The number of carbonyl (C=O) groups excluding carboxylic acids is 1. The fourth-order valence-electron chi connectivity index (χ4n) is 2.47. The highest BCUT2D eigenvalue weighted by Crippen LogP contribution is 2.22. The maximum Gasteiger partial charge on any atom is 0.161 e. The zero-order valence-corrected chi connectivity index (χ0v) is 12.5. The molecular weight excluding hydrogens is 260 g/mol. The van der Waals surface area contributed by atoms with Crippen LogP contribution in [0.25, 0.3) is 0 Å². The summed E-state index contributed by atoms with van der Waals surface area (Å²) in [5, 5.41) is 10.7. The Morgan fingerprint density at radius 3 is 1.57 bits per heavy atom. The van der Waals surface area contributed by atoms with Gasteiger partial charge in [0.05, 0.1) is 0 Å². The lowest BCUT2D eigenvalue weighted by Crippen LogP contribution is -2.38. The number of aliphatic hydroxyl groups is 1. The molecule has 0 saturated carbocycles. The fraction of sp³-hybridized carbons (Fsp3) is 0.316. The molecule has 0 aromatic heterocycles. The third kappa shape index (κ3) is 4.54. The Balaban J connectivity index is 1.97. The average Bonchev–Trinajstić information content (AvgIpc) is 2.53. The molecule has 0 atom stereocenters. The summed E-state index contributed by atoms with van der Waals surface area (Å²) in [6, 6.07) is 20.0. The molecule has 0 aliphatic rings. The van der Waals surface area contributed by atoms with E-state index in [4.69, 9.17) is 0 Å². The van der Waals surface area contributed by atoms with Crippen molar-refractivity contribution >= 4 is 5.78 Å². The summed E-state index contributed by atoms with van der Waals surface area (Å²) in [7, 11) is 0. The van der Waals surface area contributed by atoms with Crippen LogP contribution in [0.4, 0.5) is 0 Å². The molecule has 0 unspecified atom stereocenters. The summed E-state index contributed by atoms with van der Waals surface area (Å²) in [4.78, 5) is 11.9. The van der Waals surface area contributed by atoms with Gasteiger partial charge in [-0.1, -0.05) is 60.7 Å². The summed E-state index contributed by atoms with van der Waals surface area (Å²) in [6.45, 7) is 1.48. The van der Waals surface area contributed by atoms with Crippen LogP contribution in [0.5, 0.6) is 0 Å². The minimum Gasteiger partial charge on any atom is -0.382 e. The summed E-state index contributed by atoms with van der Waals surface area (Å²) >= 11 is 0. The molecule has 0 saturated heterocycles. The van der Waals surface area contributed by atoms with Crippen molar-refractivity contribution in [1.29, 1.82) is 0 Å². The van der Waals surface area contributed by atoms with Crippen LogP contribution in [-0.4, -0.2) is 16.5 Å². The normalized spacial score (nSPS) is 11.3. The first-order valence-corrected chi connectivity index (χ1v) is 7.41. The number of hydrogen-bond donors (Lipinski definition) is 1. The first-order valence-electron chi connectivity index (χ1n) is 7.41. The molecule has 0 aliphatic carbocycles. The van der Waals surface area contributed by atoms with E-state index >= 15 is 0 Å². The van der Waals surface area contributed by atoms with Gasteiger partial charge in [0.1, 0.15) is 5.60 Å². The second kappa shape index (κ2) is 7.19. The van der Waals surface area contributed by atoms with Gasteiger partial charge in [-0.15, -0.1) is 0 Å². The van der Waals surface area contributed by atoms with E-state index in [0.717, 1.165) is 11.1 Å². The molecule has 0 spiro atoms. The monoisotopic (exact) mass is 282 g/mol. The number of Topliss-reactive ketones (excluding diaryl/α,β-unsaturated/α-hetero) is 1. The number of carbonyl (C=O) groups is 1. The second-order valence-electron chi connectivity index (χ2n) is 5.56. The third-order valence-electron chi connectivity index (χ3n) is 4.00. The van der Waals surface area contributed by atoms with Crippen LogP contribution in [0.3, 0.4) is 0 Å². The van der Waals surface area contributed by atoms with Gasteiger partial charge < -0.3 is 5.11 Å². The zero-order chi connectivity index (χ0) is 15.1. The van der Waals surface area contributed by atoms with Crippen LogP contribution in [-0.2, 0) is 17.6 Å². The maximum absolute atomic E-state index is 11.9. The van der Waals surface area contributed by atoms with Crippen LogP contribution >= 0.6 is 0 Å². The number of ketones is 1. The van der Waals surface area contributed by atoms with Gasteiger partial charge in [0.25, 0.3) is 0 Å². The predicted octanol–water partition coefficient (Wildman–Crippen LogP) is 3.57. The van der Waals surface area contributed by atoms with E-state index in [1.165, 1.54) is 6.92 Å². The minimum atomic E-state index is -1.23. The molecule has 2 heteroatoms. The molecule has 2 rings (SSSR count). The smallest absolute Gasteiger partial charge is 0.161 e. The zero-order valence-electron chi connectivity index (χ0n) is 12.5. The van der Waals surface area contributed by atoms with Crippen molar-refractivity contribution in [2.24, 2.45) is 0 Å². The molecule has 2 nitrogen and oxygen atoms in total. The molecule has 0 fully saturated rings. The van der Waals surface area contributed by atoms with Crippen LogP contribution < -0.4 is 0 Å². The van der Waals surface area contributed by atoms with Gasteiger partial charge in [0.2, 0.25) is 0 Å². The molecule has 2 aromatic carbocycles. The van der Waals surface area contributed by atoms with Crippen LogP contribution in [0, 0.1) is 0 Å². The number of hydrogen-bond acceptors (Lipinski definition) is 2. The van der Waals surface area contributed by atoms with Crippen molar-refractivity contribution < 1.29 is 9.90 Å². The van der Waals surface area contributed by atoms with E-state index in [-0.39, 0.29) is 5.78 Å². The molecular formula is C19H22O2. The molecule has 0 heterocycles. The van der Waals surface area contributed by atoms with Gasteiger partial charge >= 0.3 is 0 Å². The van der Waals surface area contributed by atoms with Crippen molar-refractivity contribution in [2.45, 2.75) is 38.2 Å². The number of rotatable bonds is 7.